The quantitative estimate of drug-likeness (QED) is 0.677. The monoisotopic (exact) mass is 320 g/mol. The summed E-state index contributed by atoms with van der Waals surface area (Å²) in [4.78, 5) is 24.6. The largest absolute Gasteiger partial charge is 0.480 e. The van der Waals surface area contributed by atoms with Gasteiger partial charge in [-0.15, -0.1) is 0 Å². The Morgan fingerprint density at radius 2 is 2.00 bits per heavy atom. The van der Waals surface area contributed by atoms with Gasteiger partial charge in [-0.25, -0.2) is 8.42 Å². The third-order valence-electron chi connectivity index (χ3n) is 3.87. The van der Waals surface area contributed by atoms with E-state index in [1.165, 1.54) is 4.90 Å². The number of rotatable bonds is 7. The second-order valence-electron chi connectivity index (χ2n) is 5.62. The highest BCUT2D eigenvalue weighted by Crippen LogP contribution is 2.20. The van der Waals surface area contributed by atoms with Gasteiger partial charge in [0, 0.05) is 12.1 Å². The maximum Gasteiger partial charge on any atom is 0.317 e. The summed E-state index contributed by atoms with van der Waals surface area (Å²) >= 11 is 0. The van der Waals surface area contributed by atoms with Crippen LogP contribution in [0.2, 0.25) is 0 Å². The van der Waals surface area contributed by atoms with Gasteiger partial charge in [0.15, 0.2) is 9.84 Å². The molecule has 1 saturated heterocycles. The molecule has 2 N–H and O–H groups in total. The standard InChI is InChI=1S/C13H24N2O5S/c1-4-9(2)14-13(18)10(3)15(7-12(16)17)11-5-6-21(19,20)8-11/h9-11H,4-8H2,1-3H3,(H,14,18)(H,16,17). The molecule has 0 aromatic heterocycles. The highest BCUT2D eigenvalue weighted by Gasteiger charge is 2.37. The first-order valence-electron chi connectivity index (χ1n) is 7.14. The lowest BCUT2D eigenvalue weighted by atomic mass is 10.1. The fourth-order valence-electron chi connectivity index (χ4n) is 2.39. The van der Waals surface area contributed by atoms with Crippen LogP contribution >= 0.6 is 0 Å². The Bertz CT molecular complexity index is 491. The summed E-state index contributed by atoms with van der Waals surface area (Å²) in [5, 5.41) is 11.8. The molecule has 3 atom stereocenters. The van der Waals surface area contributed by atoms with Crippen molar-refractivity contribution in [3.8, 4) is 0 Å². The van der Waals surface area contributed by atoms with E-state index >= 15 is 0 Å². The minimum Gasteiger partial charge on any atom is -0.480 e. The predicted molar refractivity (Wildman–Crippen MR) is 78.8 cm³/mol. The average Bonchev–Trinajstić information content (AvgIpc) is 2.74. The fourth-order valence-corrected chi connectivity index (χ4v) is 4.13. The minimum absolute atomic E-state index is 0.000983. The number of carboxylic acid groups (broad SMARTS) is 1. The van der Waals surface area contributed by atoms with Crippen molar-refractivity contribution in [2.45, 2.75) is 51.7 Å². The number of nitrogens with zero attached hydrogens (tertiary/aromatic N) is 1. The third kappa shape index (κ3) is 5.28. The van der Waals surface area contributed by atoms with Crippen LogP contribution in [0.4, 0.5) is 0 Å². The van der Waals surface area contributed by atoms with E-state index in [1.54, 1.807) is 6.92 Å². The van der Waals surface area contributed by atoms with E-state index in [9.17, 15) is 18.0 Å². The number of amides is 1. The van der Waals surface area contributed by atoms with Crippen LogP contribution in [0.1, 0.15) is 33.6 Å². The van der Waals surface area contributed by atoms with Crippen molar-refractivity contribution in [1.82, 2.24) is 10.2 Å². The van der Waals surface area contributed by atoms with E-state index < -0.39 is 27.9 Å². The molecule has 1 rings (SSSR count). The van der Waals surface area contributed by atoms with Gasteiger partial charge >= 0.3 is 5.97 Å². The third-order valence-corrected chi connectivity index (χ3v) is 5.62. The van der Waals surface area contributed by atoms with Crippen LogP contribution in [0.25, 0.3) is 0 Å². The molecule has 3 unspecified atom stereocenters. The van der Waals surface area contributed by atoms with Gasteiger partial charge in [-0.2, -0.15) is 0 Å². The molecule has 21 heavy (non-hydrogen) atoms. The van der Waals surface area contributed by atoms with Crippen molar-refractivity contribution in [3.63, 3.8) is 0 Å². The van der Waals surface area contributed by atoms with Crippen LogP contribution in [0.15, 0.2) is 0 Å². The summed E-state index contributed by atoms with van der Waals surface area (Å²) in [7, 11) is -3.13. The molecule has 0 bridgehead atoms. The zero-order chi connectivity index (χ0) is 16.2. The van der Waals surface area contributed by atoms with Crippen LogP contribution in [-0.2, 0) is 19.4 Å². The van der Waals surface area contributed by atoms with Crippen molar-refractivity contribution >= 4 is 21.7 Å². The molecule has 1 aliphatic rings. The van der Waals surface area contributed by atoms with Gasteiger partial charge in [0.05, 0.1) is 24.1 Å². The first-order chi connectivity index (χ1) is 9.66. The molecule has 0 spiro atoms. The lowest BCUT2D eigenvalue weighted by molar-refractivity contribution is -0.140. The van der Waals surface area contributed by atoms with Crippen molar-refractivity contribution in [1.29, 1.82) is 0 Å². The number of sulfone groups is 1. The number of carbonyl (C=O) groups excluding carboxylic acids is 1. The maximum atomic E-state index is 12.2. The molecule has 8 heteroatoms. The number of carbonyl (C=O) groups is 2. The van der Waals surface area contributed by atoms with Crippen molar-refractivity contribution in [2.24, 2.45) is 0 Å². The van der Waals surface area contributed by atoms with Crippen molar-refractivity contribution < 1.29 is 23.1 Å². The van der Waals surface area contributed by atoms with Crippen LogP contribution in [-0.4, -0.2) is 66.5 Å². The summed E-state index contributed by atoms with van der Waals surface area (Å²) in [6.07, 6.45) is 1.14. The normalized spacial score (nSPS) is 23.7. The number of nitrogens with one attached hydrogen (secondary N) is 1. The Labute approximate surface area is 125 Å². The Hall–Kier alpha value is -1.15. The van der Waals surface area contributed by atoms with Crippen LogP contribution < -0.4 is 5.32 Å². The molecule has 0 aromatic carbocycles. The Morgan fingerprint density at radius 3 is 2.43 bits per heavy atom. The predicted octanol–water partition coefficient (Wildman–Crippen LogP) is -0.137. The number of aliphatic carboxylic acids is 1. The lowest BCUT2D eigenvalue weighted by Gasteiger charge is -2.32. The summed E-state index contributed by atoms with van der Waals surface area (Å²) < 4.78 is 23.1. The maximum absolute atomic E-state index is 12.2. The molecule has 122 valence electrons. The molecule has 0 aliphatic carbocycles. The molecule has 0 radical (unpaired) electrons. The zero-order valence-corrected chi connectivity index (χ0v) is 13.5. The van der Waals surface area contributed by atoms with Crippen LogP contribution in [0.5, 0.6) is 0 Å². The van der Waals surface area contributed by atoms with Gasteiger partial charge in [-0.1, -0.05) is 6.92 Å². The number of carboxylic acids is 1. The molecule has 0 aromatic rings. The molecule has 1 heterocycles. The first kappa shape index (κ1) is 17.9. The molecule has 1 aliphatic heterocycles. The van der Waals surface area contributed by atoms with E-state index in [0.717, 1.165) is 6.42 Å². The summed E-state index contributed by atoms with van der Waals surface area (Å²) in [6, 6.07) is -1.09. The van der Waals surface area contributed by atoms with Crippen LogP contribution in [0, 0.1) is 0 Å². The topological polar surface area (TPSA) is 104 Å². The molecule has 1 amide bonds. The summed E-state index contributed by atoms with van der Waals surface area (Å²) in [5.41, 5.74) is 0. The molecule has 7 nitrogen and oxygen atoms in total. The Balaban J connectivity index is 2.82. The summed E-state index contributed by atoms with van der Waals surface area (Å²) in [5.74, 6) is -1.37. The van der Waals surface area contributed by atoms with Gasteiger partial charge in [0.2, 0.25) is 5.91 Å². The van der Waals surface area contributed by atoms with E-state index in [-0.39, 0.29) is 30.0 Å². The van der Waals surface area contributed by atoms with E-state index in [1.807, 2.05) is 13.8 Å². The number of hydrogen-bond acceptors (Lipinski definition) is 5. The van der Waals surface area contributed by atoms with Crippen LogP contribution in [0.3, 0.4) is 0 Å². The van der Waals surface area contributed by atoms with E-state index in [2.05, 4.69) is 5.32 Å². The smallest absolute Gasteiger partial charge is 0.317 e. The van der Waals surface area contributed by atoms with Gasteiger partial charge in [0.25, 0.3) is 0 Å². The SMILES string of the molecule is CCC(C)NC(=O)C(C)N(CC(=O)O)C1CCS(=O)(=O)C1. The van der Waals surface area contributed by atoms with Gasteiger partial charge in [-0.05, 0) is 26.7 Å². The Kier molecular flexibility index (Phi) is 6.15. The molecular formula is C13H24N2O5S. The lowest BCUT2D eigenvalue weighted by Crippen LogP contribution is -2.53. The highest BCUT2D eigenvalue weighted by atomic mass is 32.2. The van der Waals surface area contributed by atoms with Gasteiger partial charge in [0.1, 0.15) is 0 Å². The minimum atomic E-state index is -3.13. The number of hydrogen-bond donors (Lipinski definition) is 2. The van der Waals surface area contributed by atoms with Crippen molar-refractivity contribution in [2.75, 3.05) is 18.1 Å². The second kappa shape index (κ2) is 7.22. The van der Waals surface area contributed by atoms with E-state index in [0.29, 0.717) is 6.42 Å². The van der Waals surface area contributed by atoms with Gasteiger partial charge in [-0.3, -0.25) is 14.5 Å². The molecule has 0 saturated carbocycles. The zero-order valence-electron chi connectivity index (χ0n) is 12.7. The second-order valence-corrected chi connectivity index (χ2v) is 7.85. The van der Waals surface area contributed by atoms with E-state index in [4.69, 9.17) is 5.11 Å². The summed E-state index contributed by atoms with van der Waals surface area (Å²) in [6.45, 7) is 5.08. The molecular weight excluding hydrogens is 296 g/mol. The average molecular weight is 320 g/mol. The highest BCUT2D eigenvalue weighted by molar-refractivity contribution is 7.91. The van der Waals surface area contributed by atoms with Gasteiger partial charge < -0.3 is 10.4 Å². The molecule has 1 fully saturated rings. The Morgan fingerprint density at radius 1 is 1.38 bits per heavy atom. The fraction of sp³-hybridized carbons (Fsp3) is 0.846. The first-order valence-corrected chi connectivity index (χ1v) is 8.96. The van der Waals surface area contributed by atoms with Crippen molar-refractivity contribution in [3.05, 3.63) is 0 Å².